The van der Waals surface area contributed by atoms with Gasteiger partial charge >= 0.3 is 0 Å². The first-order valence-electron chi connectivity index (χ1n) is 4.97. The fourth-order valence-electron chi connectivity index (χ4n) is 1.60. The molecule has 1 N–H and O–H groups in total. The molecule has 0 aliphatic carbocycles. The maximum Gasteiger partial charge on any atom is 0.0970 e. The smallest absolute Gasteiger partial charge is 0.0970 e. The zero-order valence-electron chi connectivity index (χ0n) is 8.70. The van der Waals surface area contributed by atoms with Gasteiger partial charge in [0.2, 0.25) is 0 Å². The van der Waals surface area contributed by atoms with E-state index < -0.39 is 0 Å². The van der Waals surface area contributed by atoms with Crippen molar-refractivity contribution < 1.29 is 0 Å². The van der Waals surface area contributed by atoms with Gasteiger partial charge in [-0.05, 0) is 24.2 Å². The Bertz CT molecular complexity index is 424. The van der Waals surface area contributed by atoms with Gasteiger partial charge in [0.25, 0.3) is 0 Å². The number of benzene rings is 1. The van der Waals surface area contributed by atoms with Gasteiger partial charge in [0.15, 0.2) is 0 Å². The molecule has 0 amide bonds. The van der Waals surface area contributed by atoms with E-state index in [0.717, 1.165) is 12.1 Å². The minimum atomic E-state index is 0.860. The van der Waals surface area contributed by atoms with Crippen LogP contribution >= 0.6 is 0 Å². The Morgan fingerprint density at radius 2 is 2.07 bits per heavy atom. The van der Waals surface area contributed by atoms with Crippen LogP contribution in [0.25, 0.3) is 11.1 Å². The lowest BCUT2D eigenvalue weighted by atomic mass is 10.0. The Morgan fingerprint density at radius 1 is 1.20 bits per heavy atom. The van der Waals surface area contributed by atoms with Crippen molar-refractivity contribution in [3.8, 4) is 11.1 Å². The second-order valence-corrected chi connectivity index (χ2v) is 3.35. The zero-order valence-corrected chi connectivity index (χ0v) is 8.70. The van der Waals surface area contributed by atoms with Crippen molar-refractivity contribution in [3.63, 3.8) is 0 Å². The topological polar surface area (TPSA) is 24.9 Å². The van der Waals surface area contributed by atoms with E-state index >= 15 is 0 Å². The van der Waals surface area contributed by atoms with Gasteiger partial charge in [0.1, 0.15) is 0 Å². The molecule has 0 saturated carbocycles. The quantitative estimate of drug-likeness (QED) is 0.816. The summed E-state index contributed by atoms with van der Waals surface area (Å²) in [5.41, 5.74) is 3.51. The average molecular weight is 197 g/mol. The molecule has 0 bridgehead atoms. The van der Waals surface area contributed by atoms with Gasteiger partial charge in [-0.1, -0.05) is 30.3 Å². The molecule has 0 saturated heterocycles. The maximum absolute atomic E-state index is 4.02. The fraction of sp³-hybridized carbons (Fsp3) is 0.154. The SMILES string of the molecule is CNCc1ccccc1-c1[c]nccc1. The minimum absolute atomic E-state index is 0.860. The number of hydrogen-bond acceptors (Lipinski definition) is 2. The Hall–Kier alpha value is -1.67. The second-order valence-electron chi connectivity index (χ2n) is 3.35. The number of rotatable bonds is 3. The molecule has 1 heterocycles. The first-order chi connectivity index (χ1) is 7.42. The fourth-order valence-corrected chi connectivity index (χ4v) is 1.60. The largest absolute Gasteiger partial charge is 0.316 e. The number of aromatic nitrogens is 1. The highest BCUT2D eigenvalue weighted by molar-refractivity contribution is 5.65. The lowest BCUT2D eigenvalue weighted by Crippen LogP contribution is -2.06. The molecule has 0 aliphatic rings. The van der Waals surface area contributed by atoms with Gasteiger partial charge in [0, 0.05) is 18.3 Å². The van der Waals surface area contributed by atoms with Crippen LogP contribution in [0.5, 0.6) is 0 Å². The summed E-state index contributed by atoms with van der Waals surface area (Å²) in [5, 5.41) is 3.16. The first-order valence-corrected chi connectivity index (χ1v) is 4.97. The molecule has 0 fully saturated rings. The molecule has 1 radical (unpaired) electrons. The third kappa shape index (κ3) is 2.22. The summed E-state index contributed by atoms with van der Waals surface area (Å²) in [6.07, 6.45) is 4.75. The van der Waals surface area contributed by atoms with Crippen LogP contribution in [0.4, 0.5) is 0 Å². The van der Waals surface area contributed by atoms with Gasteiger partial charge in [0.05, 0.1) is 6.20 Å². The van der Waals surface area contributed by atoms with Crippen molar-refractivity contribution in [2.45, 2.75) is 6.54 Å². The van der Waals surface area contributed by atoms with Crippen molar-refractivity contribution in [2.75, 3.05) is 7.05 Å². The average Bonchev–Trinajstić information content (AvgIpc) is 2.31. The molecular formula is C13H13N2. The van der Waals surface area contributed by atoms with Crippen LogP contribution in [0.2, 0.25) is 0 Å². The van der Waals surface area contributed by atoms with E-state index in [4.69, 9.17) is 0 Å². The van der Waals surface area contributed by atoms with Crippen LogP contribution in [-0.4, -0.2) is 12.0 Å². The Morgan fingerprint density at radius 3 is 2.80 bits per heavy atom. The van der Waals surface area contributed by atoms with Gasteiger partial charge < -0.3 is 5.32 Å². The number of hydrogen-bond donors (Lipinski definition) is 1. The third-order valence-corrected chi connectivity index (χ3v) is 2.28. The van der Waals surface area contributed by atoms with E-state index in [1.807, 2.05) is 31.3 Å². The van der Waals surface area contributed by atoms with Crippen molar-refractivity contribution in [1.29, 1.82) is 0 Å². The summed E-state index contributed by atoms with van der Waals surface area (Å²) in [5.74, 6) is 0. The van der Waals surface area contributed by atoms with Crippen LogP contribution in [0.15, 0.2) is 42.6 Å². The van der Waals surface area contributed by atoms with Crippen LogP contribution < -0.4 is 5.32 Å². The predicted molar refractivity (Wildman–Crippen MR) is 61.3 cm³/mol. The van der Waals surface area contributed by atoms with E-state index in [1.165, 1.54) is 11.1 Å². The van der Waals surface area contributed by atoms with Crippen LogP contribution in [0.1, 0.15) is 5.56 Å². The highest BCUT2D eigenvalue weighted by Gasteiger charge is 2.03. The second kappa shape index (κ2) is 4.71. The van der Waals surface area contributed by atoms with Crippen molar-refractivity contribution in [1.82, 2.24) is 10.3 Å². The first kappa shape index (κ1) is 9.87. The lowest BCUT2D eigenvalue weighted by molar-refractivity contribution is 0.819. The van der Waals surface area contributed by atoms with Crippen LogP contribution in [0, 0.1) is 6.20 Å². The highest BCUT2D eigenvalue weighted by Crippen LogP contribution is 2.21. The lowest BCUT2D eigenvalue weighted by Gasteiger charge is -2.07. The minimum Gasteiger partial charge on any atom is -0.316 e. The molecule has 2 aromatic rings. The van der Waals surface area contributed by atoms with Crippen LogP contribution in [0.3, 0.4) is 0 Å². The molecule has 1 aromatic carbocycles. The molecule has 0 aliphatic heterocycles. The molecular weight excluding hydrogens is 184 g/mol. The monoisotopic (exact) mass is 197 g/mol. The van der Waals surface area contributed by atoms with Crippen LogP contribution in [-0.2, 0) is 6.54 Å². The number of pyridine rings is 1. The van der Waals surface area contributed by atoms with Crippen molar-refractivity contribution >= 4 is 0 Å². The number of nitrogens with one attached hydrogen (secondary N) is 1. The predicted octanol–water partition coefficient (Wildman–Crippen LogP) is 2.27. The summed E-state index contributed by atoms with van der Waals surface area (Å²) in [6.45, 7) is 0.860. The molecule has 15 heavy (non-hydrogen) atoms. The molecule has 0 unspecified atom stereocenters. The molecule has 1 aromatic heterocycles. The Labute approximate surface area is 90.0 Å². The zero-order chi connectivity index (χ0) is 10.5. The molecule has 2 nitrogen and oxygen atoms in total. The van der Waals surface area contributed by atoms with E-state index in [-0.39, 0.29) is 0 Å². The number of nitrogens with zero attached hydrogens (tertiary/aromatic N) is 1. The standard InChI is InChI=1S/C13H13N2/c1-14-9-11-5-2-3-7-13(11)12-6-4-8-15-10-12/h2-8,14H,9H2,1H3. The normalized spacial score (nSPS) is 10.2. The highest BCUT2D eigenvalue weighted by atomic mass is 14.8. The Kier molecular flexibility index (Phi) is 3.10. The van der Waals surface area contributed by atoms with Gasteiger partial charge in [-0.2, -0.15) is 0 Å². The van der Waals surface area contributed by atoms with Crippen molar-refractivity contribution in [2.24, 2.45) is 0 Å². The molecule has 75 valence electrons. The van der Waals surface area contributed by atoms with E-state index in [9.17, 15) is 0 Å². The summed E-state index contributed by atoms with van der Waals surface area (Å²) in [7, 11) is 1.95. The van der Waals surface area contributed by atoms with Gasteiger partial charge in [-0.25, -0.2) is 0 Å². The van der Waals surface area contributed by atoms with Gasteiger partial charge in [-0.3, -0.25) is 4.98 Å². The Balaban J connectivity index is 2.43. The van der Waals surface area contributed by atoms with E-state index in [0.29, 0.717) is 0 Å². The van der Waals surface area contributed by atoms with E-state index in [2.05, 4.69) is 28.6 Å². The van der Waals surface area contributed by atoms with E-state index in [1.54, 1.807) is 6.20 Å². The third-order valence-electron chi connectivity index (χ3n) is 2.28. The van der Waals surface area contributed by atoms with Crippen molar-refractivity contribution in [3.05, 3.63) is 54.4 Å². The summed E-state index contributed by atoms with van der Waals surface area (Å²) in [6, 6.07) is 12.3. The summed E-state index contributed by atoms with van der Waals surface area (Å²) in [4.78, 5) is 4.02. The maximum atomic E-state index is 4.02. The molecule has 2 heteroatoms. The summed E-state index contributed by atoms with van der Waals surface area (Å²) < 4.78 is 0. The molecule has 0 atom stereocenters. The molecule has 0 spiro atoms. The summed E-state index contributed by atoms with van der Waals surface area (Å²) >= 11 is 0. The molecule has 2 rings (SSSR count). The van der Waals surface area contributed by atoms with Gasteiger partial charge in [-0.15, -0.1) is 0 Å².